The molecule has 0 aliphatic rings. The van der Waals surface area contributed by atoms with Gasteiger partial charge in [-0.2, -0.15) is 10.2 Å². The third-order valence-electron chi connectivity index (χ3n) is 3.13. The number of hydrogen-bond donors (Lipinski definition) is 2. The van der Waals surface area contributed by atoms with Gasteiger partial charge in [0.25, 0.3) is 5.91 Å². The Labute approximate surface area is 147 Å². The first-order valence-electron chi connectivity index (χ1n) is 6.93. The predicted molar refractivity (Wildman–Crippen MR) is 92.5 cm³/mol. The van der Waals surface area contributed by atoms with Crippen molar-refractivity contribution in [2.75, 3.05) is 0 Å². The maximum Gasteiger partial charge on any atom is 0.291 e. The van der Waals surface area contributed by atoms with E-state index in [1.807, 2.05) is 0 Å². The third-order valence-corrected chi connectivity index (χ3v) is 3.87. The Morgan fingerprint density at radius 2 is 2.08 bits per heavy atom. The van der Waals surface area contributed by atoms with Gasteiger partial charge in [-0.3, -0.25) is 9.89 Å². The van der Waals surface area contributed by atoms with Crippen LogP contribution in [0.3, 0.4) is 0 Å². The molecule has 2 aromatic heterocycles. The Kier molecular flexibility index (Phi) is 4.69. The fraction of sp³-hybridized carbons (Fsp3) is 0.0625. The summed E-state index contributed by atoms with van der Waals surface area (Å²) in [5.41, 5.74) is 4.22. The van der Waals surface area contributed by atoms with Crippen LogP contribution in [0.1, 0.15) is 21.9 Å². The number of hydrogen-bond acceptors (Lipinski definition) is 4. The van der Waals surface area contributed by atoms with Crippen molar-refractivity contribution in [3.63, 3.8) is 0 Å². The average Bonchev–Trinajstić information content (AvgIpc) is 3.19. The Bertz CT molecular complexity index is 914. The molecule has 122 valence electrons. The number of aromatic amines is 1. The van der Waals surface area contributed by atoms with Crippen molar-refractivity contribution in [3.05, 3.63) is 63.6 Å². The number of rotatable bonds is 4. The molecule has 2 N–H and O–H groups in total. The number of aromatic nitrogens is 2. The lowest BCUT2D eigenvalue weighted by atomic mass is 10.2. The lowest BCUT2D eigenvalue weighted by molar-refractivity contribution is 0.0950. The van der Waals surface area contributed by atoms with Gasteiger partial charge in [0, 0.05) is 11.3 Å². The van der Waals surface area contributed by atoms with Crippen LogP contribution < -0.4 is 5.43 Å². The number of halogens is 2. The SMILES string of the molecule is Cc1cc(C(=O)NN=Cc2ccc(-c3ccc(Cl)c(Cl)c3)o2)n[nH]1. The molecule has 0 bridgehead atoms. The second-order valence-corrected chi connectivity index (χ2v) is 5.78. The summed E-state index contributed by atoms with van der Waals surface area (Å²) in [4.78, 5) is 11.8. The highest BCUT2D eigenvalue weighted by Gasteiger charge is 2.08. The Balaban J connectivity index is 1.67. The first kappa shape index (κ1) is 16.3. The van der Waals surface area contributed by atoms with Gasteiger partial charge in [0.2, 0.25) is 0 Å². The van der Waals surface area contributed by atoms with Crippen molar-refractivity contribution in [2.24, 2.45) is 5.10 Å². The van der Waals surface area contributed by atoms with Crippen molar-refractivity contribution in [3.8, 4) is 11.3 Å². The number of H-pyrrole nitrogens is 1. The van der Waals surface area contributed by atoms with Crippen LogP contribution in [-0.4, -0.2) is 22.3 Å². The molecule has 0 saturated heterocycles. The van der Waals surface area contributed by atoms with Crippen LogP contribution in [-0.2, 0) is 0 Å². The zero-order chi connectivity index (χ0) is 17.1. The van der Waals surface area contributed by atoms with Gasteiger partial charge in [0.1, 0.15) is 11.5 Å². The van der Waals surface area contributed by atoms with Crippen molar-refractivity contribution in [1.82, 2.24) is 15.6 Å². The lowest BCUT2D eigenvalue weighted by Gasteiger charge is -1.99. The van der Waals surface area contributed by atoms with E-state index in [1.165, 1.54) is 6.21 Å². The monoisotopic (exact) mass is 362 g/mol. The molecule has 0 fully saturated rings. The molecule has 0 spiro atoms. The van der Waals surface area contributed by atoms with Gasteiger partial charge in [-0.1, -0.05) is 23.2 Å². The molecule has 0 saturated carbocycles. The molecular formula is C16H12Cl2N4O2. The minimum Gasteiger partial charge on any atom is -0.455 e. The van der Waals surface area contributed by atoms with E-state index in [2.05, 4.69) is 20.7 Å². The molecule has 0 atom stereocenters. The first-order valence-corrected chi connectivity index (χ1v) is 7.69. The van der Waals surface area contributed by atoms with Crippen LogP contribution >= 0.6 is 23.2 Å². The van der Waals surface area contributed by atoms with Gasteiger partial charge in [-0.15, -0.1) is 0 Å². The maximum absolute atomic E-state index is 11.8. The van der Waals surface area contributed by atoms with E-state index in [0.29, 0.717) is 21.6 Å². The molecule has 3 aromatic rings. The average molecular weight is 363 g/mol. The molecule has 0 aliphatic carbocycles. The molecule has 1 aromatic carbocycles. The number of nitrogens with zero attached hydrogens (tertiary/aromatic N) is 2. The number of carbonyl (C=O) groups is 1. The normalized spacial score (nSPS) is 11.1. The summed E-state index contributed by atoms with van der Waals surface area (Å²) in [6.07, 6.45) is 1.40. The summed E-state index contributed by atoms with van der Waals surface area (Å²) < 4.78 is 5.63. The predicted octanol–water partition coefficient (Wildman–Crippen LogP) is 4.05. The van der Waals surface area contributed by atoms with Crippen molar-refractivity contribution in [1.29, 1.82) is 0 Å². The number of benzene rings is 1. The summed E-state index contributed by atoms with van der Waals surface area (Å²) in [7, 11) is 0. The van der Waals surface area contributed by atoms with Gasteiger partial charge in [-0.25, -0.2) is 5.43 Å². The second-order valence-electron chi connectivity index (χ2n) is 4.97. The molecule has 8 heteroatoms. The zero-order valence-corrected chi connectivity index (χ0v) is 14.0. The molecular weight excluding hydrogens is 351 g/mol. The van der Waals surface area contributed by atoms with E-state index in [0.717, 1.165) is 11.3 Å². The minimum atomic E-state index is -0.410. The molecule has 2 heterocycles. The smallest absolute Gasteiger partial charge is 0.291 e. The summed E-state index contributed by atoms with van der Waals surface area (Å²) >= 11 is 11.9. The van der Waals surface area contributed by atoms with Crippen LogP contribution in [0, 0.1) is 6.92 Å². The molecule has 0 radical (unpaired) electrons. The quantitative estimate of drug-likeness (QED) is 0.542. The number of furan rings is 1. The molecule has 24 heavy (non-hydrogen) atoms. The van der Waals surface area contributed by atoms with Gasteiger partial charge < -0.3 is 4.42 Å². The Hall–Kier alpha value is -2.57. The highest BCUT2D eigenvalue weighted by molar-refractivity contribution is 6.42. The van der Waals surface area contributed by atoms with E-state index >= 15 is 0 Å². The van der Waals surface area contributed by atoms with Crippen molar-refractivity contribution >= 4 is 35.3 Å². The van der Waals surface area contributed by atoms with Gasteiger partial charge in [-0.05, 0) is 43.3 Å². The van der Waals surface area contributed by atoms with Crippen molar-refractivity contribution < 1.29 is 9.21 Å². The number of aryl methyl sites for hydroxylation is 1. The molecule has 0 unspecified atom stereocenters. The van der Waals surface area contributed by atoms with Crippen LogP contribution in [0.4, 0.5) is 0 Å². The number of amides is 1. The third kappa shape index (κ3) is 3.67. The number of hydrazone groups is 1. The van der Waals surface area contributed by atoms with E-state index in [1.54, 1.807) is 43.3 Å². The van der Waals surface area contributed by atoms with Crippen molar-refractivity contribution in [2.45, 2.75) is 6.92 Å². The second kappa shape index (κ2) is 6.90. The van der Waals surface area contributed by atoms with Gasteiger partial charge in [0.15, 0.2) is 5.69 Å². The summed E-state index contributed by atoms with van der Waals surface area (Å²) in [6, 6.07) is 10.3. The minimum absolute atomic E-state index is 0.264. The van der Waals surface area contributed by atoms with Gasteiger partial charge in [0.05, 0.1) is 16.3 Å². The molecule has 0 aliphatic heterocycles. The van der Waals surface area contributed by atoms with Crippen LogP contribution in [0.2, 0.25) is 10.0 Å². The molecule has 3 rings (SSSR count). The standard InChI is InChI=1S/C16H12Cl2N4O2/c1-9-6-14(21-20-9)16(23)22-19-8-11-3-5-15(24-11)10-2-4-12(17)13(18)7-10/h2-8H,1H3,(H,20,21)(H,22,23). The Morgan fingerprint density at radius 3 is 2.79 bits per heavy atom. The largest absolute Gasteiger partial charge is 0.455 e. The first-order chi connectivity index (χ1) is 11.5. The van der Waals surface area contributed by atoms with E-state index in [-0.39, 0.29) is 5.69 Å². The topological polar surface area (TPSA) is 83.3 Å². The van der Waals surface area contributed by atoms with Crippen LogP contribution in [0.5, 0.6) is 0 Å². The van der Waals surface area contributed by atoms with E-state index in [4.69, 9.17) is 27.6 Å². The summed E-state index contributed by atoms with van der Waals surface area (Å²) in [6.45, 7) is 1.81. The fourth-order valence-electron chi connectivity index (χ4n) is 1.97. The van der Waals surface area contributed by atoms with Crippen LogP contribution in [0.15, 0.2) is 45.9 Å². The fourth-order valence-corrected chi connectivity index (χ4v) is 2.27. The van der Waals surface area contributed by atoms with E-state index in [9.17, 15) is 4.79 Å². The zero-order valence-electron chi connectivity index (χ0n) is 12.5. The molecule has 6 nitrogen and oxygen atoms in total. The highest BCUT2D eigenvalue weighted by Crippen LogP contribution is 2.29. The molecule has 1 amide bonds. The maximum atomic E-state index is 11.8. The highest BCUT2D eigenvalue weighted by atomic mass is 35.5. The van der Waals surface area contributed by atoms with E-state index < -0.39 is 5.91 Å². The van der Waals surface area contributed by atoms with Crippen LogP contribution in [0.25, 0.3) is 11.3 Å². The van der Waals surface area contributed by atoms with Gasteiger partial charge >= 0.3 is 0 Å². The number of carbonyl (C=O) groups excluding carboxylic acids is 1. The number of nitrogens with one attached hydrogen (secondary N) is 2. The summed E-state index contributed by atoms with van der Waals surface area (Å²) in [5, 5.41) is 11.3. The lowest BCUT2D eigenvalue weighted by Crippen LogP contribution is -2.17. The Morgan fingerprint density at radius 1 is 1.25 bits per heavy atom. The summed E-state index contributed by atoms with van der Waals surface area (Å²) in [5.74, 6) is 0.686.